The monoisotopic (exact) mass is 217 g/mol. The van der Waals surface area contributed by atoms with Crippen LogP contribution in [-0.2, 0) is 11.3 Å². The SMILES string of the molecule is Cc1ccc(CN2CC3COCC3C2)cc1. The van der Waals surface area contributed by atoms with Crippen LogP contribution in [0.25, 0.3) is 0 Å². The van der Waals surface area contributed by atoms with E-state index in [4.69, 9.17) is 4.74 Å². The number of benzene rings is 1. The number of likely N-dealkylation sites (tertiary alicyclic amines) is 1. The zero-order valence-corrected chi connectivity index (χ0v) is 9.86. The van der Waals surface area contributed by atoms with Crippen molar-refractivity contribution in [3.05, 3.63) is 35.4 Å². The van der Waals surface area contributed by atoms with Crippen molar-refractivity contribution in [2.45, 2.75) is 13.5 Å². The predicted molar refractivity (Wildman–Crippen MR) is 64.3 cm³/mol. The first-order valence-corrected chi connectivity index (χ1v) is 6.17. The van der Waals surface area contributed by atoms with Gasteiger partial charge in [-0.15, -0.1) is 0 Å². The van der Waals surface area contributed by atoms with Gasteiger partial charge in [-0.1, -0.05) is 29.8 Å². The topological polar surface area (TPSA) is 12.5 Å². The van der Waals surface area contributed by atoms with E-state index in [1.165, 1.54) is 24.2 Å². The molecule has 0 bridgehead atoms. The third kappa shape index (κ3) is 2.00. The lowest BCUT2D eigenvalue weighted by atomic mass is 10.0. The maximum Gasteiger partial charge on any atom is 0.0510 e. The highest BCUT2D eigenvalue weighted by Gasteiger charge is 2.36. The second kappa shape index (κ2) is 4.19. The molecule has 0 aromatic heterocycles. The first-order valence-electron chi connectivity index (χ1n) is 6.17. The van der Waals surface area contributed by atoms with Crippen LogP contribution in [0.15, 0.2) is 24.3 Å². The Bertz CT molecular complexity index is 348. The van der Waals surface area contributed by atoms with E-state index in [2.05, 4.69) is 36.1 Å². The molecule has 0 saturated carbocycles. The minimum atomic E-state index is 0.797. The van der Waals surface area contributed by atoms with Crippen molar-refractivity contribution in [3.63, 3.8) is 0 Å². The maximum atomic E-state index is 5.50. The van der Waals surface area contributed by atoms with Crippen molar-refractivity contribution in [1.82, 2.24) is 4.90 Å². The van der Waals surface area contributed by atoms with Gasteiger partial charge in [0, 0.05) is 31.5 Å². The molecule has 3 rings (SSSR count). The Hall–Kier alpha value is -0.860. The van der Waals surface area contributed by atoms with Crippen LogP contribution in [-0.4, -0.2) is 31.2 Å². The molecule has 0 spiro atoms. The van der Waals surface area contributed by atoms with Crippen molar-refractivity contribution in [2.75, 3.05) is 26.3 Å². The number of nitrogens with zero attached hydrogens (tertiary/aromatic N) is 1. The zero-order chi connectivity index (χ0) is 11.0. The normalized spacial score (nSPS) is 29.6. The molecule has 2 heterocycles. The number of hydrogen-bond donors (Lipinski definition) is 0. The van der Waals surface area contributed by atoms with Crippen LogP contribution in [0.4, 0.5) is 0 Å². The molecule has 0 amide bonds. The summed E-state index contributed by atoms with van der Waals surface area (Å²) in [5.74, 6) is 1.59. The Balaban J connectivity index is 1.62. The van der Waals surface area contributed by atoms with Crippen molar-refractivity contribution in [3.8, 4) is 0 Å². The van der Waals surface area contributed by atoms with Gasteiger partial charge < -0.3 is 4.74 Å². The minimum absolute atomic E-state index is 0.797. The first kappa shape index (κ1) is 10.3. The van der Waals surface area contributed by atoms with Gasteiger partial charge in [-0.05, 0) is 12.5 Å². The van der Waals surface area contributed by atoms with Gasteiger partial charge >= 0.3 is 0 Å². The molecule has 2 heteroatoms. The molecular weight excluding hydrogens is 198 g/mol. The van der Waals surface area contributed by atoms with Crippen molar-refractivity contribution in [1.29, 1.82) is 0 Å². The van der Waals surface area contributed by atoms with Crippen LogP contribution in [0.5, 0.6) is 0 Å². The van der Waals surface area contributed by atoms with Crippen LogP contribution >= 0.6 is 0 Å². The van der Waals surface area contributed by atoms with Crippen LogP contribution in [0, 0.1) is 18.8 Å². The fourth-order valence-electron chi connectivity index (χ4n) is 2.87. The summed E-state index contributed by atoms with van der Waals surface area (Å²) >= 11 is 0. The Labute approximate surface area is 97.2 Å². The van der Waals surface area contributed by atoms with Crippen molar-refractivity contribution < 1.29 is 4.74 Å². The van der Waals surface area contributed by atoms with Gasteiger partial charge in [0.05, 0.1) is 13.2 Å². The number of rotatable bonds is 2. The Morgan fingerprint density at radius 3 is 2.38 bits per heavy atom. The molecule has 2 atom stereocenters. The van der Waals surface area contributed by atoms with Gasteiger partial charge in [-0.2, -0.15) is 0 Å². The molecule has 2 unspecified atom stereocenters. The lowest BCUT2D eigenvalue weighted by molar-refractivity contribution is 0.153. The maximum absolute atomic E-state index is 5.50. The Morgan fingerprint density at radius 2 is 1.75 bits per heavy atom. The average molecular weight is 217 g/mol. The number of ether oxygens (including phenoxy) is 1. The molecule has 2 aliphatic heterocycles. The van der Waals surface area contributed by atoms with Gasteiger partial charge in [0.1, 0.15) is 0 Å². The van der Waals surface area contributed by atoms with Gasteiger partial charge in [-0.25, -0.2) is 0 Å². The molecule has 2 aliphatic rings. The third-order valence-corrected chi connectivity index (χ3v) is 3.84. The minimum Gasteiger partial charge on any atom is -0.381 e. The van der Waals surface area contributed by atoms with Crippen molar-refractivity contribution in [2.24, 2.45) is 11.8 Å². The molecule has 0 aliphatic carbocycles. The van der Waals surface area contributed by atoms with E-state index in [0.29, 0.717) is 0 Å². The summed E-state index contributed by atoms with van der Waals surface area (Å²) in [5.41, 5.74) is 2.78. The molecular formula is C14H19NO. The van der Waals surface area contributed by atoms with E-state index in [1.54, 1.807) is 0 Å². The van der Waals surface area contributed by atoms with Gasteiger partial charge in [-0.3, -0.25) is 4.90 Å². The van der Waals surface area contributed by atoms with Crippen LogP contribution in [0.1, 0.15) is 11.1 Å². The standard InChI is InChI=1S/C14H19NO/c1-11-2-4-12(5-3-11)6-15-7-13-9-16-10-14(13)8-15/h2-5,13-14H,6-10H2,1H3. The van der Waals surface area contributed by atoms with E-state index in [0.717, 1.165) is 31.6 Å². The van der Waals surface area contributed by atoms with Gasteiger partial charge in [0.2, 0.25) is 0 Å². The summed E-state index contributed by atoms with van der Waals surface area (Å²) in [5, 5.41) is 0. The van der Waals surface area contributed by atoms with Crippen molar-refractivity contribution >= 4 is 0 Å². The number of fused-ring (bicyclic) bond motifs is 1. The van der Waals surface area contributed by atoms with E-state index in [-0.39, 0.29) is 0 Å². The predicted octanol–water partition coefficient (Wildman–Crippen LogP) is 2.07. The highest BCUT2D eigenvalue weighted by molar-refractivity contribution is 5.21. The number of hydrogen-bond acceptors (Lipinski definition) is 2. The fourth-order valence-corrected chi connectivity index (χ4v) is 2.87. The molecule has 1 aromatic carbocycles. The fraction of sp³-hybridized carbons (Fsp3) is 0.571. The lowest BCUT2D eigenvalue weighted by Crippen LogP contribution is -2.22. The van der Waals surface area contributed by atoms with Gasteiger partial charge in [0.15, 0.2) is 0 Å². The van der Waals surface area contributed by atoms with Gasteiger partial charge in [0.25, 0.3) is 0 Å². The van der Waals surface area contributed by atoms with E-state index < -0.39 is 0 Å². The highest BCUT2D eigenvalue weighted by atomic mass is 16.5. The summed E-state index contributed by atoms with van der Waals surface area (Å²) in [4.78, 5) is 2.57. The Kier molecular flexibility index (Phi) is 2.70. The summed E-state index contributed by atoms with van der Waals surface area (Å²) in [6, 6.07) is 8.91. The quantitative estimate of drug-likeness (QED) is 0.752. The smallest absolute Gasteiger partial charge is 0.0510 e. The molecule has 1 aromatic rings. The van der Waals surface area contributed by atoms with Crippen LogP contribution in [0.3, 0.4) is 0 Å². The van der Waals surface area contributed by atoms with E-state index in [9.17, 15) is 0 Å². The largest absolute Gasteiger partial charge is 0.381 e. The second-order valence-electron chi connectivity index (χ2n) is 5.24. The number of aryl methyl sites for hydroxylation is 1. The molecule has 2 nitrogen and oxygen atoms in total. The summed E-state index contributed by atoms with van der Waals surface area (Å²) in [6.45, 7) is 7.65. The second-order valence-corrected chi connectivity index (χ2v) is 5.24. The summed E-state index contributed by atoms with van der Waals surface area (Å²) in [7, 11) is 0. The molecule has 0 radical (unpaired) electrons. The molecule has 86 valence electrons. The summed E-state index contributed by atoms with van der Waals surface area (Å²) in [6.07, 6.45) is 0. The molecule has 2 saturated heterocycles. The van der Waals surface area contributed by atoms with E-state index in [1.807, 2.05) is 0 Å². The van der Waals surface area contributed by atoms with Crippen LogP contribution in [0.2, 0.25) is 0 Å². The zero-order valence-electron chi connectivity index (χ0n) is 9.86. The Morgan fingerprint density at radius 1 is 1.12 bits per heavy atom. The van der Waals surface area contributed by atoms with Crippen LogP contribution < -0.4 is 0 Å². The first-order chi connectivity index (χ1) is 7.81. The highest BCUT2D eigenvalue weighted by Crippen LogP contribution is 2.29. The average Bonchev–Trinajstić information content (AvgIpc) is 2.81. The molecule has 0 N–H and O–H groups in total. The molecule has 2 fully saturated rings. The molecule has 16 heavy (non-hydrogen) atoms. The lowest BCUT2D eigenvalue weighted by Gasteiger charge is -2.16. The summed E-state index contributed by atoms with van der Waals surface area (Å²) < 4.78 is 5.50. The van der Waals surface area contributed by atoms with E-state index >= 15 is 0 Å². The third-order valence-electron chi connectivity index (χ3n) is 3.84.